The van der Waals surface area contributed by atoms with E-state index in [-0.39, 0.29) is 0 Å². The summed E-state index contributed by atoms with van der Waals surface area (Å²) in [4.78, 5) is 8.05. The molecule has 4 heteroatoms. The molecule has 1 aromatic heterocycles. The highest BCUT2D eigenvalue weighted by atomic mass is 79.9. The first-order chi connectivity index (χ1) is 6.30. The predicted octanol–water partition coefficient (Wildman–Crippen LogP) is 2.88. The van der Waals surface area contributed by atoms with E-state index < -0.39 is 0 Å². The SMILES string of the molecule is CCN(CC)Cc1ncc(CBr)s1. The summed E-state index contributed by atoms with van der Waals surface area (Å²) in [5.41, 5.74) is 0. The van der Waals surface area contributed by atoms with Gasteiger partial charge in [-0.25, -0.2) is 4.98 Å². The van der Waals surface area contributed by atoms with Crippen LogP contribution in [0.25, 0.3) is 0 Å². The molecule has 0 spiro atoms. The van der Waals surface area contributed by atoms with Crippen LogP contribution >= 0.6 is 27.3 Å². The van der Waals surface area contributed by atoms with Gasteiger partial charge in [0.1, 0.15) is 5.01 Å². The molecule has 74 valence electrons. The third-order valence-corrected chi connectivity index (χ3v) is 3.94. The Hall–Kier alpha value is 0.0700. The summed E-state index contributed by atoms with van der Waals surface area (Å²) in [6.07, 6.45) is 1.96. The van der Waals surface area contributed by atoms with Crippen LogP contribution in [0.15, 0.2) is 6.20 Å². The van der Waals surface area contributed by atoms with Crippen LogP contribution in [-0.2, 0) is 11.9 Å². The second-order valence-corrected chi connectivity index (χ2v) is 4.58. The minimum absolute atomic E-state index is 0.920. The van der Waals surface area contributed by atoms with E-state index >= 15 is 0 Å². The Labute approximate surface area is 92.1 Å². The number of rotatable bonds is 5. The highest BCUT2D eigenvalue weighted by Gasteiger charge is 2.04. The van der Waals surface area contributed by atoms with E-state index in [9.17, 15) is 0 Å². The lowest BCUT2D eigenvalue weighted by Crippen LogP contribution is -2.21. The highest BCUT2D eigenvalue weighted by Crippen LogP contribution is 2.17. The van der Waals surface area contributed by atoms with Crippen LogP contribution in [0.3, 0.4) is 0 Å². The summed E-state index contributed by atoms with van der Waals surface area (Å²) in [6.45, 7) is 7.55. The van der Waals surface area contributed by atoms with Crippen molar-refractivity contribution in [3.8, 4) is 0 Å². The maximum atomic E-state index is 4.37. The van der Waals surface area contributed by atoms with E-state index in [1.54, 1.807) is 11.3 Å². The van der Waals surface area contributed by atoms with Crippen LogP contribution in [0.5, 0.6) is 0 Å². The lowest BCUT2D eigenvalue weighted by molar-refractivity contribution is 0.295. The average Bonchev–Trinajstić information content (AvgIpc) is 2.61. The lowest BCUT2D eigenvalue weighted by Gasteiger charge is -2.15. The zero-order chi connectivity index (χ0) is 9.68. The maximum absolute atomic E-state index is 4.37. The van der Waals surface area contributed by atoms with E-state index in [2.05, 4.69) is 39.7 Å². The smallest absolute Gasteiger partial charge is 0.107 e. The van der Waals surface area contributed by atoms with E-state index in [1.807, 2.05) is 6.20 Å². The lowest BCUT2D eigenvalue weighted by atomic mass is 10.5. The monoisotopic (exact) mass is 262 g/mol. The second kappa shape index (κ2) is 5.73. The van der Waals surface area contributed by atoms with Crippen molar-refractivity contribution in [2.75, 3.05) is 13.1 Å². The fourth-order valence-corrected chi connectivity index (χ4v) is 2.42. The number of thiazole rings is 1. The highest BCUT2D eigenvalue weighted by molar-refractivity contribution is 9.08. The van der Waals surface area contributed by atoms with Gasteiger partial charge in [0.15, 0.2) is 0 Å². The number of hydrogen-bond donors (Lipinski definition) is 0. The molecule has 0 aliphatic rings. The van der Waals surface area contributed by atoms with Crippen LogP contribution < -0.4 is 0 Å². The Morgan fingerprint density at radius 2 is 2.15 bits per heavy atom. The Morgan fingerprint density at radius 3 is 2.62 bits per heavy atom. The Kier molecular flexibility index (Phi) is 4.91. The molecule has 0 saturated carbocycles. The number of nitrogens with zero attached hydrogens (tertiary/aromatic N) is 2. The third-order valence-electron chi connectivity index (χ3n) is 1.99. The Morgan fingerprint density at radius 1 is 1.46 bits per heavy atom. The molecule has 2 nitrogen and oxygen atoms in total. The molecular weight excluding hydrogens is 248 g/mol. The van der Waals surface area contributed by atoms with Crippen molar-refractivity contribution >= 4 is 27.3 Å². The van der Waals surface area contributed by atoms with Gasteiger partial charge in [-0.15, -0.1) is 11.3 Å². The fraction of sp³-hybridized carbons (Fsp3) is 0.667. The normalized spacial score (nSPS) is 11.1. The van der Waals surface area contributed by atoms with Crippen LogP contribution in [0.1, 0.15) is 23.7 Å². The number of alkyl halides is 1. The molecule has 0 N–H and O–H groups in total. The molecule has 0 bridgehead atoms. The maximum Gasteiger partial charge on any atom is 0.107 e. The van der Waals surface area contributed by atoms with Gasteiger partial charge < -0.3 is 0 Å². The summed E-state index contributed by atoms with van der Waals surface area (Å²) in [5, 5.41) is 2.14. The molecule has 0 aliphatic carbocycles. The second-order valence-electron chi connectivity index (χ2n) is 2.82. The molecule has 0 aromatic carbocycles. The summed E-state index contributed by atoms with van der Waals surface area (Å²) in [7, 11) is 0. The van der Waals surface area contributed by atoms with E-state index in [1.165, 1.54) is 9.88 Å². The van der Waals surface area contributed by atoms with Crippen molar-refractivity contribution in [2.45, 2.75) is 25.7 Å². The largest absolute Gasteiger partial charge is 0.297 e. The standard InChI is InChI=1S/C9H15BrN2S/c1-3-12(4-2)7-9-11-6-8(5-10)13-9/h6H,3-5,7H2,1-2H3. The van der Waals surface area contributed by atoms with Crippen molar-refractivity contribution in [3.63, 3.8) is 0 Å². The zero-order valence-corrected chi connectivity index (χ0v) is 10.5. The molecule has 0 atom stereocenters. The molecule has 0 aliphatic heterocycles. The molecule has 1 aromatic rings. The fourth-order valence-electron chi connectivity index (χ4n) is 1.12. The summed E-state index contributed by atoms with van der Waals surface area (Å²) in [5.74, 6) is 0. The van der Waals surface area contributed by atoms with E-state index in [4.69, 9.17) is 0 Å². The first kappa shape index (κ1) is 11.1. The van der Waals surface area contributed by atoms with Crippen LogP contribution in [-0.4, -0.2) is 23.0 Å². The Balaban J connectivity index is 2.52. The molecule has 1 heterocycles. The van der Waals surface area contributed by atoms with Gasteiger partial charge in [-0.1, -0.05) is 29.8 Å². The number of hydrogen-bond acceptors (Lipinski definition) is 3. The third kappa shape index (κ3) is 3.37. The quantitative estimate of drug-likeness (QED) is 0.759. The average molecular weight is 263 g/mol. The van der Waals surface area contributed by atoms with Crippen molar-refractivity contribution in [3.05, 3.63) is 16.1 Å². The molecule has 0 amide bonds. The van der Waals surface area contributed by atoms with Gasteiger partial charge in [0.2, 0.25) is 0 Å². The van der Waals surface area contributed by atoms with Gasteiger partial charge in [0.05, 0.1) is 6.54 Å². The molecular formula is C9H15BrN2S. The molecule has 0 radical (unpaired) electrons. The number of aromatic nitrogens is 1. The van der Waals surface area contributed by atoms with Crippen molar-refractivity contribution in [1.29, 1.82) is 0 Å². The minimum Gasteiger partial charge on any atom is -0.297 e. The van der Waals surface area contributed by atoms with Crippen molar-refractivity contribution in [1.82, 2.24) is 9.88 Å². The van der Waals surface area contributed by atoms with E-state index in [0.29, 0.717) is 0 Å². The van der Waals surface area contributed by atoms with Gasteiger partial charge in [0, 0.05) is 16.4 Å². The van der Waals surface area contributed by atoms with Crippen molar-refractivity contribution < 1.29 is 0 Å². The van der Waals surface area contributed by atoms with Crippen LogP contribution in [0.2, 0.25) is 0 Å². The zero-order valence-electron chi connectivity index (χ0n) is 8.09. The molecule has 1 rings (SSSR count). The molecule has 13 heavy (non-hydrogen) atoms. The van der Waals surface area contributed by atoms with Gasteiger partial charge >= 0.3 is 0 Å². The van der Waals surface area contributed by atoms with Gasteiger partial charge in [0.25, 0.3) is 0 Å². The first-order valence-electron chi connectivity index (χ1n) is 4.52. The van der Waals surface area contributed by atoms with Crippen LogP contribution in [0, 0.1) is 0 Å². The van der Waals surface area contributed by atoms with Crippen LogP contribution in [0.4, 0.5) is 0 Å². The summed E-state index contributed by atoms with van der Waals surface area (Å²) in [6, 6.07) is 0. The minimum atomic E-state index is 0.920. The molecule has 0 saturated heterocycles. The van der Waals surface area contributed by atoms with Gasteiger partial charge in [-0.05, 0) is 13.1 Å². The predicted molar refractivity (Wildman–Crippen MR) is 61.4 cm³/mol. The van der Waals surface area contributed by atoms with E-state index in [0.717, 1.165) is 25.0 Å². The van der Waals surface area contributed by atoms with Gasteiger partial charge in [-0.2, -0.15) is 0 Å². The molecule has 0 unspecified atom stereocenters. The van der Waals surface area contributed by atoms with Crippen molar-refractivity contribution in [2.24, 2.45) is 0 Å². The Bertz CT molecular complexity index is 246. The summed E-state index contributed by atoms with van der Waals surface area (Å²) >= 11 is 5.22. The number of halogens is 1. The topological polar surface area (TPSA) is 16.1 Å². The first-order valence-corrected chi connectivity index (χ1v) is 6.45. The van der Waals surface area contributed by atoms with Gasteiger partial charge in [-0.3, -0.25) is 4.90 Å². The molecule has 0 fully saturated rings. The summed E-state index contributed by atoms with van der Waals surface area (Å²) < 4.78 is 0.